The number of thiophene rings is 1. The van der Waals surface area contributed by atoms with Crippen molar-refractivity contribution in [3.8, 4) is 16.9 Å². The van der Waals surface area contributed by atoms with E-state index >= 15 is 0 Å². The standard InChI is InChI=1S/C21H16O3S/c22-21-19(16-4-2-1-3-5-16)12-17-6-7-18(13-20(17)24-21)23-10-8-15-9-11-25-14-15/h1-7,9,11-14H,8,10H2. The van der Waals surface area contributed by atoms with Crippen molar-refractivity contribution >= 4 is 22.3 Å². The number of hydrogen-bond acceptors (Lipinski definition) is 4. The van der Waals surface area contributed by atoms with E-state index in [4.69, 9.17) is 9.15 Å². The van der Waals surface area contributed by atoms with Gasteiger partial charge in [-0.25, -0.2) is 4.79 Å². The molecule has 3 nitrogen and oxygen atoms in total. The van der Waals surface area contributed by atoms with E-state index in [1.165, 1.54) is 5.56 Å². The molecule has 2 heterocycles. The normalized spacial score (nSPS) is 10.9. The van der Waals surface area contributed by atoms with Crippen LogP contribution in [0.15, 0.2) is 80.6 Å². The lowest BCUT2D eigenvalue weighted by Gasteiger charge is -2.07. The van der Waals surface area contributed by atoms with E-state index in [1.54, 1.807) is 17.4 Å². The minimum Gasteiger partial charge on any atom is -0.493 e. The zero-order chi connectivity index (χ0) is 17.1. The Morgan fingerprint density at radius 1 is 1.00 bits per heavy atom. The minimum absolute atomic E-state index is 0.339. The van der Waals surface area contributed by atoms with Gasteiger partial charge in [0.15, 0.2) is 0 Å². The SMILES string of the molecule is O=c1oc2cc(OCCc3ccsc3)ccc2cc1-c1ccccc1. The molecule has 4 rings (SSSR count). The van der Waals surface area contributed by atoms with Crippen molar-refractivity contribution in [3.05, 3.63) is 87.4 Å². The third-order valence-electron chi connectivity index (χ3n) is 4.03. The highest BCUT2D eigenvalue weighted by molar-refractivity contribution is 7.07. The third kappa shape index (κ3) is 3.49. The van der Waals surface area contributed by atoms with Gasteiger partial charge in [-0.3, -0.25) is 0 Å². The molecule has 124 valence electrons. The average Bonchev–Trinajstić information content (AvgIpc) is 3.15. The highest BCUT2D eigenvalue weighted by Crippen LogP contribution is 2.24. The van der Waals surface area contributed by atoms with Gasteiger partial charge in [0, 0.05) is 17.9 Å². The van der Waals surface area contributed by atoms with Crippen molar-refractivity contribution in [2.45, 2.75) is 6.42 Å². The topological polar surface area (TPSA) is 39.4 Å². The van der Waals surface area contributed by atoms with Crippen LogP contribution in [0.2, 0.25) is 0 Å². The molecule has 0 unspecified atom stereocenters. The third-order valence-corrected chi connectivity index (χ3v) is 4.76. The first-order valence-electron chi connectivity index (χ1n) is 8.07. The molecule has 0 fully saturated rings. The van der Waals surface area contributed by atoms with E-state index in [9.17, 15) is 4.79 Å². The maximum atomic E-state index is 12.3. The number of hydrogen-bond donors (Lipinski definition) is 0. The van der Waals surface area contributed by atoms with E-state index < -0.39 is 0 Å². The van der Waals surface area contributed by atoms with Crippen LogP contribution in [0.3, 0.4) is 0 Å². The van der Waals surface area contributed by atoms with Crippen molar-refractivity contribution in [2.75, 3.05) is 6.61 Å². The highest BCUT2D eigenvalue weighted by Gasteiger charge is 2.08. The van der Waals surface area contributed by atoms with Crippen molar-refractivity contribution in [1.29, 1.82) is 0 Å². The van der Waals surface area contributed by atoms with Gasteiger partial charge in [-0.1, -0.05) is 30.3 Å². The van der Waals surface area contributed by atoms with E-state index in [0.29, 0.717) is 23.5 Å². The molecule has 2 aromatic heterocycles. The Balaban J connectivity index is 1.58. The average molecular weight is 348 g/mol. The molecule has 0 aliphatic rings. The first-order chi connectivity index (χ1) is 12.3. The van der Waals surface area contributed by atoms with Gasteiger partial charge in [0.1, 0.15) is 11.3 Å². The summed E-state index contributed by atoms with van der Waals surface area (Å²) in [6.45, 7) is 0.592. The largest absolute Gasteiger partial charge is 0.493 e. The van der Waals surface area contributed by atoms with Crippen molar-refractivity contribution in [1.82, 2.24) is 0 Å². The fourth-order valence-corrected chi connectivity index (χ4v) is 3.43. The van der Waals surface area contributed by atoms with Crippen molar-refractivity contribution in [2.24, 2.45) is 0 Å². The lowest BCUT2D eigenvalue weighted by Crippen LogP contribution is -2.03. The molecule has 0 spiro atoms. The fraction of sp³-hybridized carbons (Fsp3) is 0.0952. The Kier molecular flexibility index (Phi) is 4.36. The van der Waals surface area contributed by atoms with Crippen LogP contribution in [0.4, 0.5) is 0 Å². The number of benzene rings is 2. The maximum absolute atomic E-state index is 12.3. The molecule has 4 heteroatoms. The van der Waals surface area contributed by atoms with Gasteiger partial charge < -0.3 is 9.15 Å². The van der Waals surface area contributed by atoms with Crippen LogP contribution >= 0.6 is 11.3 Å². The molecule has 25 heavy (non-hydrogen) atoms. The van der Waals surface area contributed by atoms with Gasteiger partial charge in [0.2, 0.25) is 0 Å². The van der Waals surface area contributed by atoms with Gasteiger partial charge in [-0.2, -0.15) is 11.3 Å². The second kappa shape index (κ2) is 6.95. The summed E-state index contributed by atoms with van der Waals surface area (Å²) in [6.07, 6.45) is 0.860. The van der Waals surface area contributed by atoms with Crippen LogP contribution in [0.25, 0.3) is 22.1 Å². The summed E-state index contributed by atoms with van der Waals surface area (Å²) in [5.74, 6) is 0.707. The van der Waals surface area contributed by atoms with Gasteiger partial charge in [-0.05, 0) is 46.2 Å². The number of ether oxygens (including phenoxy) is 1. The molecule has 0 saturated carbocycles. The van der Waals surface area contributed by atoms with E-state index in [1.807, 2.05) is 48.5 Å². The Bertz CT molecular complexity index is 1030. The summed E-state index contributed by atoms with van der Waals surface area (Å²) < 4.78 is 11.3. The summed E-state index contributed by atoms with van der Waals surface area (Å²) in [4.78, 5) is 12.3. The van der Waals surface area contributed by atoms with Crippen molar-refractivity contribution in [3.63, 3.8) is 0 Å². The molecule has 4 aromatic rings. The van der Waals surface area contributed by atoms with Crippen LogP contribution in [-0.4, -0.2) is 6.61 Å². The Labute approximate surface area is 149 Å². The predicted octanol–water partition coefficient (Wildman–Crippen LogP) is 5.14. The van der Waals surface area contributed by atoms with Crippen LogP contribution in [0.5, 0.6) is 5.75 Å². The van der Waals surface area contributed by atoms with E-state index in [2.05, 4.69) is 16.8 Å². The summed E-state index contributed by atoms with van der Waals surface area (Å²) in [6, 6.07) is 19.1. The first kappa shape index (κ1) is 15.7. The monoisotopic (exact) mass is 348 g/mol. The summed E-state index contributed by atoms with van der Waals surface area (Å²) in [5, 5.41) is 5.06. The molecular weight excluding hydrogens is 332 g/mol. The highest BCUT2D eigenvalue weighted by atomic mass is 32.1. The zero-order valence-electron chi connectivity index (χ0n) is 13.5. The fourth-order valence-electron chi connectivity index (χ4n) is 2.72. The second-order valence-electron chi connectivity index (χ2n) is 5.74. The second-order valence-corrected chi connectivity index (χ2v) is 6.52. The summed E-state index contributed by atoms with van der Waals surface area (Å²) in [7, 11) is 0. The molecule has 2 aromatic carbocycles. The Morgan fingerprint density at radius 2 is 1.88 bits per heavy atom. The van der Waals surface area contributed by atoms with Gasteiger partial charge in [0.25, 0.3) is 0 Å². The first-order valence-corrected chi connectivity index (χ1v) is 9.01. The quantitative estimate of drug-likeness (QED) is 0.469. The number of rotatable bonds is 5. The molecule has 0 aliphatic heterocycles. The minimum atomic E-state index is -0.339. The van der Waals surface area contributed by atoms with E-state index in [-0.39, 0.29) is 5.63 Å². The van der Waals surface area contributed by atoms with Gasteiger partial charge in [0.05, 0.1) is 12.2 Å². The lowest BCUT2D eigenvalue weighted by molar-refractivity contribution is 0.322. The Hall–Kier alpha value is -2.85. The van der Waals surface area contributed by atoms with E-state index in [0.717, 1.165) is 17.4 Å². The maximum Gasteiger partial charge on any atom is 0.344 e. The molecule has 0 amide bonds. The molecule has 0 N–H and O–H groups in total. The van der Waals surface area contributed by atoms with Crippen LogP contribution < -0.4 is 10.4 Å². The lowest BCUT2D eigenvalue weighted by atomic mass is 10.1. The van der Waals surface area contributed by atoms with Crippen molar-refractivity contribution < 1.29 is 9.15 Å². The van der Waals surface area contributed by atoms with Gasteiger partial charge in [-0.15, -0.1) is 0 Å². The van der Waals surface area contributed by atoms with Crippen LogP contribution in [-0.2, 0) is 6.42 Å². The summed E-state index contributed by atoms with van der Waals surface area (Å²) >= 11 is 1.68. The molecule has 0 bridgehead atoms. The van der Waals surface area contributed by atoms with Crippen LogP contribution in [0, 0.1) is 0 Å². The molecule has 0 atom stereocenters. The molecule has 0 aliphatic carbocycles. The molecular formula is C21H16O3S. The summed E-state index contributed by atoms with van der Waals surface area (Å²) in [5.41, 5.74) is 2.89. The number of fused-ring (bicyclic) bond motifs is 1. The predicted molar refractivity (Wildman–Crippen MR) is 101 cm³/mol. The van der Waals surface area contributed by atoms with Crippen LogP contribution in [0.1, 0.15) is 5.56 Å². The van der Waals surface area contributed by atoms with Gasteiger partial charge >= 0.3 is 5.63 Å². The zero-order valence-corrected chi connectivity index (χ0v) is 14.3. The smallest absolute Gasteiger partial charge is 0.344 e. The Morgan fingerprint density at radius 3 is 2.68 bits per heavy atom. The molecule has 0 radical (unpaired) electrons. The molecule has 0 saturated heterocycles.